The Hall–Kier alpha value is -1.46. The maximum Gasteiger partial charge on any atom is 0.317 e. The molecular weight excluding hydrogens is 160 g/mol. The summed E-state index contributed by atoms with van der Waals surface area (Å²) in [5, 5.41) is 5.06. The van der Waals surface area contributed by atoms with Crippen LogP contribution in [0.3, 0.4) is 0 Å². The molecule has 0 aliphatic carbocycles. The van der Waals surface area contributed by atoms with Gasteiger partial charge in [0.2, 0.25) is 0 Å². The molecule has 12 heavy (non-hydrogen) atoms. The first kappa shape index (κ1) is 8.63. The van der Waals surface area contributed by atoms with E-state index in [1.165, 1.54) is 0 Å². The Bertz CT molecular complexity index is 194. The number of primary amides is 1. The predicted molar refractivity (Wildman–Crippen MR) is 42.6 cm³/mol. The lowest BCUT2D eigenvalue weighted by molar-refractivity contribution is 0.216. The number of hydrogen-bond donors (Lipinski definition) is 3. The quantitative estimate of drug-likeness (QED) is 0.493. The molecule has 0 aromatic heterocycles. The van der Waals surface area contributed by atoms with Crippen LogP contribution in [0.5, 0.6) is 0 Å². The second kappa shape index (κ2) is 3.80. The molecule has 1 aliphatic rings. The molecule has 0 saturated carbocycles. The number of carbonyl (C=O) groups excluding carboxylic acids is 2. The largest absolute Gasteiger partial charge is 0.352 e. The van der Waals surface area contributed by atoms with Gasteiger partial charge in [-0.1, -0.05) is 0 Å². The van der Waals surface area contributed by atoms with E-state index in [0.717, 1.165) is 0 Å². The van der Waals surface area contributed by atoms with Crippen molar-refractivity contribution in [2.24, 2.45) is 5.73 Å². The number of nitrogens with one attached hydrogen (secondary N) is 2. The van der Waals surface area contributed by atoms with E-state index in [1.54, 1.807) is 4.90 Å². The monoisotopic (exact) mass is 172 g/mol. The van der Waals surface area contributed by atoms with Crippen molar-refractivity contribution in [3.05, 3.63) is 0 Å². The van der Waals surface area contributed by atoms with Crippen LogP contribution >= 0.6 is 0 Å². The maximum atomic E-state index is 10.9. The van der Waals surface area contributed by atoms with Crippen LogP contribution in [0.25, 0.3) is 0 Å². The summed E-state index contributed by atoms with van der Waals surface area (Å²) in [7, 11) is 0. The van der Waals surface area contributed by atoms with E-state index in [9.17, 15) is 9.59 Å². The molecule has 0 aromatic rings. The number of nitrogens with zero attached hydrogens (tertiary/aromatic N) is 1. The van der Waals surface area contributed by atoms with Crippen molar-refractivity contribution in [1.82, 2.24) is 15.5 Å². The SMILES string of the molecule is NC(=O)NCCN1CCNC1=O. The third-order valence-electron chi connectivity index (χ3n) is 1.63. The minimum absolute atomic E-state index is 0.0822. The van der Waals surface area contributed by atoms with E-state index in [1.807, 2.05) is 0 Å². The molecule has 0 radical (unpaired) electrons. The molecular formula is C6H12N4O2. The van der Waals surface area contributed by atoms with Gasteiger partial charge in [0.25, 0.3) is 0 Å². The normalized spacial score (nSPS) is 16.0. The number of hydrogen-bond acceptors (Lipinski definition) is 2. The number of carbonyl (C=O) groups is 2. The first-order valence-electron chi connectivity index (χ1n) is 3.76. The zero-order chi connectivity index (χ0) is 8.97. The average molecular weight is 172 g/mol. The van der Waals surface area contributed by atoms with Gasteiger partial charge < -0.3 is 21.3 Å². The highest BCUT2D eigenvalue weighted by Crippen LogP contribution is 1.93. The third kappa shape index (κ3) is 2.30. The molecule has 1 saturated heterocycles. The van der Waals surface area contributed by atoms with E-state index in [0.29, 0.717) is 26.2 Å². The number of rotatable bonds is 3. The summed E-state index contributed by atoms with van der Waals surface area (Å²) in [5.41, 5.74) is 4.84. The summed E-state index contributed by atoms with van der Waals surface area (Å²) in [6, 6.07) is -0.643. The summed E-state index contributed by atoms with van der Waals surface area (Å²) in [6.07, 6.45) is 0. The van der Waals surface area contributed by atoms with Gasteiger partial charge in [0.15, 0.2) is 0 Å². The molecule has 4 N–H and O–H groups in total. The molecule has 0 aromatic carbocycles. The zero-order valence-corrected chi connectivity index (χ0v) is 6.67. The van der Waals surface area contributed by atoms with Crippen molar-refractivity contribution >= 4 is 12.1 Å². The second-order valence-corrected chi connectivity index (χ2v) is 2.51. The van der Waals surface area contributed by atoms with E-state index < -0.39 is 6.03 Å². The molecule has 0 atom stereocenters. The van der Waals surface area contributed by atoms with Gasteiger partial charge in [0.1, 0.15) is 0 Å². The summed E-state index contributed by atoms with van der Waals surface area (Å²) in [5.74, 6) is 0. The van der Waals surface area contributed by atoms with Crippen LogP contribution in [0.2, 0.25) is 0 Å². The molecule has 1 fully saturated rings. The smallest absolute Gasteiger partial charge is 0.317 e. The summed E-state index contributed by atoms with van der Waals surface area (Å²) >= 11 is 0. The van der Waals surface area contributed by atoms with Gasteiger partial charge in [0.05, 0.1) is 0 Å². The van der Waals surface area contributed by atoms with Crippen molar-refractivity contribution in [2.75, 3.05) is 26.2 Å². The van der Waals surface area contributed by atoms with E-state index in [2.05, 4.69) is 10.6 Å². The number of urea groups is 2. The molecule has 0 bridgehead atoms. The van der Waals surface area contributed by atoms with Crippen molar-refractivity contribution < 1.29 is 9.59 Å². The Labute approximate surface area is 70.1 Å². The van der Waals surface area contributed by atoms with Crippen LogP contribution in [0.1, 0.15) is 0 Å². The average Bonchev–Trinajstić information content (AvgIpc) is 2.36. The van der Waals surface area contributed by atoms with Gasteiger partial charge in [-0.25, -0.2) is 9.59 Å². The fourth-order valence-corrected chi connectivity index (χ4v) is 1.04. The molecule has 4 amide bonds. The third-order valence-corrected chi connectivity index (χ3v) is 1.63. The van der Waals surface area contributed by atoms with Crippen LogP contribution in [-0.4, -0.2) is 43.1 Å². The summed E-state index contributed by atoms with van der Waals surface area (Å²) in [4.78, 5) is 22.8. The molecule has 1 aliphatic heterocycles. The Morgan fingerprint density at radius 2 is 2.50 bits per heavy atom. The lowest BCUT2D eigenvalue weighted by Gasteiger charge is -2.13. The molecule has 68 valence electrons. The van der Waals surface area contributed by atoms with Crippen LogP contribution in [0.4, 0.5) is 9.59 Å². The Kier molecular flexibility index (Phi) is 2.73. The molecule has 1 rings (SSSR count). The minimum atomic E-state index is -0.561. The van der Waals surface area contributed by atoms with Crippen molar-refractivity contribution in [3.8, 4) is 0 Å². The molecule has 6 heteroatoms. The molecule has 0 spiro atoms. The molecule has 0 unspecified atom stereocenters. The highest BCUT2D eigenvalue weighted by molar-refractivity contribution is 5.76. The highest BCUT2D eigenvalue weighted by Gasteiger charge is 2.18. The van der Waals surface area contributed by atoms with Gasteiger partial charge in [-0.05, 0) is 0 Å². The van der Waals surface area contributed by atoms with Crippen LogP contribution in [0.15, 0.2) is 0 Å². The van der Waals surface area contributed by atoms with Gasteiger partial charge in [-0.15, -0.1) is 0 Å². The van der Waals surface area contributed by atoms with Gasteiger partial charge in [0, 0.05) is 26.2 Å². The Morgan fingerprint density at radius 1 is 1.75 bits per heavy atom. The van der Waals surface area contributed by atoms with Gasteiger partial charge in [-0.2, -0.15) is 0 Å². The topological polar surface area (TPSA) is 87.5 Å². The highest BCUT2D eigenvalue weighted by atomic mass is 16.2. The second-order valence-electron chi connectivity index (χ2n) is 2.51. The van der Waals surface area contributed by atoms with E-state index >= 15 is 0 Å². The molecule has 1 heterocycles. The van der Waals surface area contributed by atoms with Gasteiger partial charge >= 0.3 is 12.1 Å². The van der Waals surface area contributed by atoms with Crippen LogP contribution in [-0.2, 0) is 0 Å². The zero-order valence-electron chi connectivity index (χ0n) is 6.67. The van der Waals surface area contributed by atoms with Crippen LogP contribution < -0.4 is 16.4 Å². The Morgan fingerprint density at radius 3 is 3.00 bits per heavy atom. The van der Waals surface area contributed by atoms with Crippen LogP contribution in [0, 0.1) is 0 Å². The first-order valence-corrected chi connectivity index (χ1v) is 3.76. The van der Waals surface area contributed by atoms with E-state index in [-0.39, 0.29) is 6.03 Å². The molecule has 6 nitrogen and oxygen atoms in total. The standard InChI is InChI=1S/C6H12N4O2/c7-5(11)8-1-3-10-4-2-9-6(10)12/h1-4H2,(H,9,12)(H3,7,8,11). The van der Waals surface area contributed by atoms with Crippen molar-refractivity contribution in [2.45, 2.75) is 0 Å². The number of nitrogens with two attached hydrogens (primary N) is 1. The summed E-state index contributed by atoms with van der Waals surface area (Å²) in [6.45, 7) is 2.28. The minimum Gasteiger partial charge on any atom is -0.352 e. The predicted octanol–water partition coefficient (Wildman–Crippen LogP) is -1.32. The lowest BCUT2D eigenvalue weighted by Crippen LogP contribution is -2.38. The fraction of sp³-hybridized carbons (Fsp3) is 0.667. The summed E-state index contributed by atoms with van der Waals surface area (Å²) < 4.78 is 0. The lowest BCUT2D eigenvalue weighted by atomic mass is 10.5. The van der Waals surface area contributed by atoms with Gasteiger partial charge in [-0.3, -0.25) is 0 Å². The van der Waals surface area contributed by atoms with E-state index in [4.69, 9.17) is 5.73 Å². The van der Waals surface area contributed by atoms with Crippen molar-refractivity contribution in [3.63, 3.8) is 0 Å². The number of amides is 4. The maximum absolute atomic E-state index is 10.9. The first-order chi connectivity index (χ1) is 5.70. The fourth-order valence-electron chi connectivity index (χ4n) is 1.04. The Balaban J connectivity index is 2.14. The van der Waals surface area contributed by atoms with Crippen molar-refractivity contribution in [1.29, 1.82) is 0 Å².